The van der Waals surface area contributed by atoms with Crippen molar-refractivity contribution < 1.29 is 19.2 Å². The number of hydrogen-bond acceptors (Lipinski definition) is 7. The van der Waals surface area contributed by atoms with Gasteiger partial charge in [-0.15, -0.1) is 11.3 Å². The number of nitrogens with one attached hydrogen (secondary N) is 2. The smallest absolute Gasteiger partial charge is 0.281 e. The van der Waals surface area contributed by atoms with E-state index in [-0.39, 0.29) is 18.2 Å². The lowest BCUT2D eigenvalue weighted by Crippen LogP contribution is -2.20. The summed E-state index contributed by atoms with van der Waals surface area (Å²) >= 11 is 1.21. The number of non-ortho nitro benzene ring substituents is 1. The van der Waals surface area contributed by atoms with Gasteiger partial charge in [-0.1, -0.05) is 30.3 Å². The van der Waals surface area contributed by atoms with E-state index < -0.39 is 10.8 Å². The molecule has 0 aliphatic rings. The van der Waals surface area contributed by atoms with E-state index in [4.69, 9.17) is 4.74 Å². The molecule has 2 amide bonds. The highest BCUT2D eigenvalue weighted by atomic mass is 32.1. The molecule has 4 aromatic rings. The molecular formula is C24H18N4O5S. The molecular weight excluding hydrogens is 456 g/mol. The van der Waals surface area contributed by atoms with Crippen LogP contribution in [-0.4, -0.2) is 29.6 Å². The molecule has 4 rings (SSSR count). The molecule has 0 radical (unpaired) electrons. The summed E-state index contributed by atoms with van der Waals surface area (Å²) in [7, 11) is 0. The predicted molar refractivity (Wildman–Crippen MR) is 131 cm³/mol. The molecule has 0 saturated heterocycles. The summed E-state index contributed by atoms with van der Waals surface area (Å²) in [6, 6.07) is 22.0. The molecule has 0 aliphatic heterocycles. The zero-order chi connectivity index (χ0) is 23.9. The van der Waals surface area contributed by atoms with Gasteiger partial charge in [0.25, 0.3) is 17.5 Å². The lowest BCUT2D eigenvalue weighted by atomic mass is 10.2. The molecule has 170 valence electrons. The van der Waals surface area contributed by atoms with Crippen molar-refractivity contribution in [3.8, 4) is 5.75 Å². The zero-order valence-electron chi connectivity index (χ0n) is 17.6. The lowest BCUT2D eigenvalue weighted by Gasteiger charge is -2.09. The number of para-hydroxylation sites is 2. The van der Waals surface area contributed by atoms with Crippen molar-refractivity contribution in [3.63, 3.8) is 0 Å². The molecule has 10 heteroatoms. The molecule has 1 aromatic heterocycles. The number of rotatable bonds is 8. The molecule has 9 nitrogen and oxygen atoms in total. The Morgan fingerprint density at radius 3 is 2.59 bits per heavy atom. The van der Waals surface area contributed by atoms with Gasteiger partial charge >= 0.3 is 0 Å². The molecule has 2 N–H and O–H groups in total. The minimum atomic E-state index is -0.480. The first-order valence-corrected chi connectivity index (χ1v) is 10.9. The van der Waals surface area contributed by atoms with Gasteiger partial charge in [0.1, 0.15) is 5.75 Å². The van der Waals surface area contributed by atoms with Crippen LogP contribution in [-0.2, 0) is 4.79 Å². The Kier molecular flexibility index (Phi) is 6.89. The number of anilines is 1. The Hall–Kier alpha value is -4.57. The number of hydrazone groups is 1. The van der Waals surface area contributed by atoms with Crippen molar-refractivity contribution in [1.82, 2.24) is 5.43 Å². The monoisotopic (exact) mass is 474 g/mol. The van der Waals surface area contributed by atoms with Gasteiger partial charge < -0.3 is 10.1 Å². The molecule has 1 heterocycles. The number of amides is 2. The fourth-order valence-corrected chi connectivity index (χ4v) is 3.99. The van der Waals surface area contributed by atoms with Crippen LogP contribution in [0.5, 0.6) is 5.75 Å². The Morgan fingerprint density at radius 2 is 1.79 bits per heavy atom. The fourth-order valence-electron chi connectivity index (χ4n) is 3.05. The third kappa shape index (κ3) is 5.61. The minimum Gasteiger partial charge on any atom is -0.483 e. The van der Waals surface area contributed by atoms with Gasteiger partial charge in [0.05, 0.1) is 16.0 Å². The van der Waals surface area contributed by atoms with E-state index in [2.05, 4.69) is 15.8 Å². The number of thiophene rings is 1. The summed E-state index contributed by atoms with van der Waals surface area (Å²) < 4.78 is 6.37. The summed E-state index contributed by atoms with van der Waals surface area (Å²) in [5, 5.41) is 18.3. The molecule has 0 atom stereocenters. The van der Waals surface area contributed by atoms with Gasteiger partial charge in [0.15, 0.2) is 6.61 Å². The van der Waals surface area contributed by atoms with Crippen LogP contribution < -0.4 is 15.5 Å². The Balaban J connectivity index is 1.37. The van der Waals surface area contributed by atoms with Crippen molar-refractivity contribution in [2.45, 2.75) is 0 Å². The first-order valence-electron chi connectivity index (χ1n) is 10.1. The van der Waals surface area contributed by atoms with Crippen molar-refractivity contribution in [2.24, 2.45) is 5.10 Å². The van der Waals surface area contributed by atoms with E-state index in [1.807, 2.05) is 18.2 Å². The van der Waals surface area contributed by atoms with Crippen molar-refractivity contribution in [3.05, 3.63) is 99.4 Å². The van der Waals surface area contributed by atoms with Crippen LogP contribution in [0.1, 0.15) is 15.2 Å². The molecule has 0 saturated carbocycles. The number of benzene rings is 3. The molecule has 3 aromatic carbocycles. The van der Waals surface area contributed by atoms with Crippen molar-refractivity contribution in [1.29, 1.82) is 0 Å². The van der Waals surface area contributed by atoms with Crippen LogP contribution in [0.2, 0.25) is 0 Å². The van der Waals surface area contributed by atoms with E-state index in [0.717, 1.165) is 4.70 Å². The predicted octanol–water partition coefficient (Wildman–Crippen LogP) is 4.59. The average molecular weight is 474 g/mol. The molecule has 0 aliphatic carbocycles. The van der Waals surface area contributed by atoms with Crippen LogP contribution in [0.15, 0.2) is 84.0 Å². The van der Waals surface area contributed by atoms with E-state index in [9.17, 15) is 19.7 Å². The number of nitro benzene ring substituents is 1. The van der Waals surface area contributed by atoms with Gasteiger partial charge in [0, 0.05) is 33.5 Å². The van der Waals surface area contributed by atoms with Crippen molar-refractivity contribution in [2.75, 3.05) is 11.9 Å². The van der Waals surface area contributed by atoms with Crippen LogP contribution >= 0.6 is 11.3 Å². The summed E-state index contributed by atoms with van der Waals surface area (Å²) in [6.45, 7) is -0.194. The van der Waals surface area contributed by atoms with Gasteiger partial charge in [-0.3, -0.25) is 19.7 Å². The van der Waals surface area contributed by atoms with Gasteiger partial charge in [-0.2, -0.15) is 5.10 Å². The second-order valence-electron chi connectivity index (χ2n) is 7.03. The maximum Gasteiger partial charge on any atom is 0.281 e. The van der Waals surface area contributed by atoms with E-state index in [0.29, 0.717) is 27.3 Å². The minimum absolute atomic E-state index is 0.0377. The van der Waals surface area contributed by atoms with Gasteiger partial charge in [-0.05, 0) is 36.4 Å². The summed E-state index contributed by atoms with van der Waals surface area (Å²) in [6.07, 6.45) is 1.42. The standard InChI is InChI=1S/C24H18N4O5S/c29-23(26-18-7-2-1-3-8-18)15-33-20-9-5-4-6-16(20)14-25-27-24(30)22-13-17-12-19(28(31)32)10-11-21(17)34-22/h1-14H,15H2,(H,26,29)(H,27,30)/b25-14-. The number of hydrogen-bond donors (Lipinski definition) is 2. The van der Waals surface area contributed by atoms with Crippen LogP contribution in [0.4, 0.5) is 11.4 Å². The number of fused-ring (bicyclic) bond motifs is 1. The SMILES string of the molecule is O=C(COc1ccccc1/C=N\NC(=O)c1cc2cc([N+](=O)[O-])ccc2s1)Nc1ccccc1. The first kappa shape index (κ1) is 22.6. The number of carbonyl (C=O) groups excluding carboxylic acids is 2. The molecule has 0 spiro atoms. The third-order valence-electron chi connectivity index (χ3n) is 4.64. The highest BCUT2D eigenvalue weighted by Crippen LogP contribution is 2.29. The Morgan fingerprint density at radius 1 is 1.03 bits per heavy atom. The maximum atomic E-state index is 12.5. The highest BCUT2D eigenvalue weighted by molar-refractivity contribution is 7.20. The normalized spacial score (nSPS) is 10.8. The molecule has 0 unspecified atom stereocenters. The fraction of sp³-hybridized carbons (Fsp3) is 0.0417. The van der Waals surface area contributed by atoms with E-state index in [1.54, 1.807) is 48.5 Å². The molecule has 0 bridgehead atoms. The van der Waals surface area contributed by atoms with E-state index >= 15 is 0 Å². The summed E-state index contributed by atoms with van der Waals surface area (Å²) in [5.41, 5.74) is 3.65. The summed E-state index contributed by atoms with van der Waals surface area (Å²) in [5.74, 6) is -0.324. The lowest BCUT2D eigenvalue weighted by molar-refractivity contribution is -0.384. The van der Waals surface area contributed by atoms with Crippen LogP contribution in [0.25, 0.3) is 10.1 Å². The Labute approximate surface area is 197 Å². The number of ether oxygens (including phenoxy) is 1. The largest absolute Gasteiger partial charge is 0.483 e. The van der Waals surface area contributed by atoms with Gasteiger partial charge in [0.2, 0.25) is 0 Å². The third-order valence-corrected chi connectivity index (χ3v) is 5.75. The first-order chi connectivity index (χ1) is 16.5. The average Bonchev–Trinajstić information content (AvgIpc) is 3.27. The molecule has 34 heavy (non-hydrogen) atoms. The van der Waals surface area contributed by atoms with E-state index in [1.165, 1.54) is 29.7 Å². The maximum absolute atomic E-state index is 12.5. The van der Waals surface area contributed by atoms with Crippen LogP contribution in [0.3, 0.4) is 0 Å². The molecule has 0 fully saturated rings. The van der Waals surface area contributed by atoms with Crippen LogP contribution in [0, 0.1) is 10.1 Å². The summed E-state index contributed by atoms with van der Waals surface area (Å²) in [4.78, 5) is 35.4. The number of nitro groups is 1. The van der Waals surface area contributed by atoms with Crippen molar-refractivity contribution >= 4 is 50.8 Å². The second kappa shape index (κ2) is 10.4. The topological polar surface area (TPSA) is 123 Å². The second-order valence-corrected chi connectivity index (χ2v) is 8.11. The number of carbonyl (C=O) groups is 2. The zero-order valence-corrected chi connectivity index (χ0v) is 18.5. The Bertz CT molecular complexity index is 1380. The number of nitrogens with zero attached hydrogens (tertiary/aromatic N) is 2. The highest BCUT2D eigenvalue weighted by Gasteiger charge is 2.13. The van der Waals surface area contributed by atoms with Gasteiger partial charge in [-0.25, -0.2) is 5.43 Å². The quantitative estimate of drug-likeness (QED) is 0.220.